The van der Waals surface area contributed by atoms with Crippen LogP contribution in [0.25, 0.3) is 0 Å². The summed E-state index contributed by atoms with van der Waals surface area (Å²) < 4.78 is 25.6. The number of alkyl halides is 1. The van der Waals surface area contributed by atoms with E-state index >= 15 is 0 Å². The van der Waals surface area contributed by atoms with E-state index in [1.54, 1.807) is 20.9 Å². The molecular weight excluding hydrogens is 673 g/mol. The van der Waals surface area contributed by atoms with Crippen molar-refractivity contribution in [3.63, 3.8) is 0 Å². The van der Waals surface area contributed by atoms with Gasteiger partial charge < -0.3 is 47.1 Å². The number of carbonyl (C=O) groups is 5. The smallest absolute Gasteiger partial charge is 0.245 e. The van der Waals surface area contributed by atoms with E-state index in [1.807, 2.05) is 13.8 Å². The van der Waals surface area contributed by atoms with Gasteiger partial charge in [-0.2, -0.15) is 0 Å². The van der Waals surface area contributed by atoms with Crippen molar-refractivity contribution >= 4 is 29.5 Å². The summed E-state index contributed by atoms with van der Waals surface area (Å²) in [5.41, 5.74) is 11.3. The monoisotopic (exact) mass is 742 g/mol. The highest BCUT2D eigenvalue weighted by Crippen LogP contribution is 2.28. The van der Waals surface area contributed by atoms with E-state index in [4.69, 9.17) is 20.9 Å². The Balaban J connectivity index is 2.54. The normalized spacial score (nSPS) is 29.0. The standard InChI is InChI=1S/C37H68FN7O7/c1-7-8-9-13-16-31-25(5)37(50)45(6)30(17-23(2)3)35(48)44-32(26-14-11-10-12-15-26)36(49)42-28(19-40)33(46)43-29(22-51-21-27(38)18-39)34(47)41-24(4)20-52-31/h23-32H,7-22,39-40H2,1-6H3,(H,41,47)(H,42,49)(H,43,46)(H,44,48)/t24-,25-,27-,28+,29+,30+,31-,32+/m1/s1. The molecule has 0 aromatic carbocycles. The Kier molecular flexibility index (Phi) is 20.6. The van der Waals surface area contributed by atoms with E-state index < -0.39 is 72.0 Å². The maximum Gasteiger partial charge on any atom is 0.245 e. The predicted molar refractivity (Wildman–Crippen MR) is 197 cm³/mol. The van der Waals surface area contributed by atoms with Crippen LogP contribution >= 0.6 is 0 Å². The van der Waals surface area contributed by atoms with Crippen molar-refractivity contribution in [3.05, 3.63) is 0 Å². The van der Waals surface area contributed by atoms with Crippen LogP contribution in [0.5, 0.6) is 0 Å². The Morgan fingerprint density at radius 3 is 2.15 bits per heavy atom. The number of nitrogens with zero attached hydrogens (tertiary/aromatic N) is 1. The third-order valence-electron chi connectivity index (χ3n) is 10.1. The second-order valence-electron chi connectivity index (χ2n) is 15.1. The van der Waals surface area contributed by atoms with E-state index in [9.17, 15) is 28.4 Å². The molecule has 300 valence electrons. The molecule has 2 aliphatic rings. The molecule has 14 nitrogen and oxygen atoms in total. The summed E-state index contributed by atoms with van der Waals surface area (Å²) in [6.45, 7) is 8.34. The largest absolute Gasteiger partial charge is 0.376 e. The molecule has 1 aliphatic carbocycles. The van der Waals surface area contributed by atoms with E-state index in [2.05, 4.69) is 28.2 Å². The first kappa shape index (κ1) is 45.3. The van der Waals surface area contributed by atoms with Gasteiger partial charge in [0.15, 0.2) is 0 Å². The quantitative estimate of drug-likeness (QED) is 0.143. The Hall–Kier alpha value is -2.88. The summed E-state index contributed by atoms with van der Waals surface area (Å²) in [6, 6.07) is -4.91. The molecule has 0 aromatic heterocycles. The fourth-order valence-electron chi connectivity index (χ4n) is 6.87. The Bertz CT molecular complexity index is 1130. The van der Waals surface area contributed by atoms with E-state index in [0.717, 1.165) is 44.9 Å². The zero-order chi connectivity index (χ0) is 38.8. The average molecular weight is 742 g/mol. The van der Waals surface area contributed by atoms with Crippen molar-refractivity contribution in [1.82, 2.24) is 26.2 Å². The molecule has 0 spiro atoms. The van der Waals surface area contributed by atoms with Crippen LogP contribution in [0.15, 0.2) is 0 Å². The lowest BCUT2D eigenvalue weighted by atomic mass is 9.83. The van der Waals surface area contributed by atoms with E-state index in [-0.39, 0.29) is 50.7 Å². The number of ether oxygens (including phenoxy) is 2. The highest BCUT2D eigenvalue weighted by molar-refractivity contribution is 5.96. The number of hydrogen-bond acceptors (Lipinski definition) is 9. The molecule has 1 heterocycles. The van der Waals surface area contributed by atoms with Crippen LogP contribution in [0.4, 0.5) is 4.39 Å². The number of nitrogens with one attached hydrogen (secondary N) is 4. The van der Waals surface area contributed by atoms with Gasteiger partial charge in [0.2, 0.25) is 29.5 Å². The fraction of sp³-hybridized carbons (Fsp3) is 0.865. The maximum atomic E-state index is 14.2. The molecule has 2 fully saturated rings. The minimum atomic E-state index is -1.46. The molecule has 1 aliphatic heterocycles. The van der Waals surface area contributed by atoms with Gasteiger partial charge in [0.25, 0.3) is 0 Å². The van der Waals surface area contributed by atoms with Crippen molar-refractivity contribution < 1.29 is 37.8 Å². The summed E-state index contributed by atoms with van der Waals surface area (Å²) in [7, 11) is 1.62. The molecule has 0 radical (unpaired) electrons. The molecule has 15 heteroatoms. The first-order valence-electron chi connectivity index (χ1n) is 19.4. The van der Waals surface area contributed by atoms with Gasteiger partial charge >= 0.3 is 0 Å². The zero-order valence-corrected chi connectivity index (χ0v) is 32.4. The number of likely N-dealkylation sites (N-methyl/N-ethyl adjacent to an activating group) is 1. The first-order chi connectivity index (χ1) is 24.7. The minimum Gasteiger partial charge on any atom is -0.376 e. The molecule has 0 unspecified atom stereocenters. The fourth-order valence-corrected chi connectivity index (χ4v) is 6.87. The molecule has 5 amide bonds. The second-order valence-corrected chi connectivity index (χ2v) is 15.1. The van der Waals surface area contributed by atoms with Gasteiger partial charge in [-0.1, -0.05) is 72.6 Å². The van der Waals surface area contributed by atoms with Crippen LogP contribution in [0.3, 0.4) is 0 Å². The number of hydrogen-bond donors (Lipinski definition) is 6. The van der Waals surface area contributed by atoms with Gasteiger partial charge in [0.1, 0.15) is 30.3 Å². The topological polar surface area (TPSA) is 207 Å². The highest BCUT2D eigenvalue weighted by atomic mass is 19.1. The number of nitrogens with two attached hydrogens (primary N) is 2. The van der Waals surface area contributed by atoms with Crippen molar-refractivity contribution in [2.45, 2.75) is 148 Å². The number of carbonyl (C=O) groups excluding carboxylic acids is 5. The van der Waals surface area contributed by atoms with Crippen molar-refractivity contribution in [2.24, 2.45) is 29.2 Å². The van der Waals surface area contributed by atoms with E-state index in [0.29, 0.717) is 25.7 Å². The van der Waals surface area contributed by atoms with E-state index in [1.165, 1.54) is 4.90 Å². The summed E-state index contributed by atoms with van der Waals surface area (Å²) in [5, 5.41) is 11.1. The SMILES string of the molecule is CCCCCC[C@H]1OC[C@@H](C)NC(=O)[C@H](COC[C@H](F)CN)NC(=O)[C@H](CN)NC(=O)[C@H](C2CCCCC2)NC(=O)[C@H](CC(C)C)N(C)C(=O)[C@@H]1C. The van der Waals surface area contributed by atoms with Crippen LogP contribution in [-0.2, 0) is 33.4 Å². The van der Waals surface area contributed by atoms with Gasteiger partial charge in [0, 0.05) is 26.2 Å². The van der Waals surface area contributed by atoms with Crippen LogP contribution in [-0.4, -0.2) is 117 Å². The number of halogens is 1. The number of rotatable bonds is 14. The first-order valence-corrected chi connectivity index (χ1v) is 19.4. The highest BCUT2D eigenvalue weighted by Gasteiger charge is 2.39. The third kappa shape index (κ3) is 14.9. The van der Waals surface area contributed by atoms with Crippen LogP contribution < -0.4 is 32.7 Å². The van der Waals surface area contributed by atoms with Crippen molar-refractivity contribution in [1.29, 1.82) is 0 Å². The van der Waals surface area contributed by atoms with Gasteiger partial charge in [-0.05, 0) is 44.4 Å². The van der Waals surface area contributed by atoms with Gasteiger partial charge in [-0.3, -0.25) is 24.0 Å². The van der Waals surface area contributed by atoms with Gasteiger partial charge in [0.05, 0.1) is 31.8 Å². The zero-order valence-electron chi connectivity index (χ0n) is 32.4. The molecule has 0 aromatic rings. The van der Waals surface area contributed by atoms with Crippen LogP contribution in [0.1, 0.15) is 105 Å². The lowest BCUT2D eigenvalue weighted by Gasteiger charge is -2.36. The third-order valence-corrected chi connectivity index (χ3v) is 10.1. The molecule has 8 N–H and O–H groups in total. The van der Waals surface area contributed by atoms with Crippen molar-refractivity contribution in [2.75, 3.05) is 40.0 Å². The summed E-state index contributed by atoms with van der Waals surface area (Å²) in [6.07, 6.45) is 7.08. The Morgan fingerprint density at radius 1 is 0.885 bits per heavy atom. The molecule has 52 heavy (non-hydrogen) atoms. The Morgan fingerprint density at radius 2 is 1.54 bits per heavy atom. The number of unbranched alkanes of at least 4 members (excludes halogenated alkanes) is 3. The molecular formula is C37H68FN7O7. The van der Waals surface area contributed by atoms with Crippen molar-refractivity contribution in [3.8, 4) is 0 Å². The Labute approximate surface area is 310 Å². The number of amides is 5. The summed E-state index contributed by atoms with van der Waals surface area (Å²) in [4.78, 5) is 70.8. The molecule has 1 saturated heterocycles. The lowest BCUT2D eigenvalue weighted by molar-refractivity contribution is -0.147. The summed E-state index contributed by atoms with van der Waals surface area (Å²) in [5.74, 6) is -3.38. The molecule has 2 rings (SSSR count). The van der Waals surface area contributed by atoms with Gasteiger partial charge in [-0.25, -0.2) is 4.39 Å². The van der Waals surface area contributed by atoms with Gasteiger partial charge in [-0.15, -0.1) is 0 Å². The van der Waals surface area contributed by atoms with Crippen LogP contribution in [0.2, 0.25) is 0 Å². The molecule has 0 bridgehead atoms. The minimum absolute atomic E-state index is 0.0590. The maximum absolute atomic E-state index is 14.2. The lowest BCUT2D eigenvalue weighted by Crippen LogP contribution is -2.62. The van der Waals surface area contributed by atoms with Crippen LogP contribution in [0, 0.1) is 17.8 Å². The average Bonchev–Trinajstić information content (AvgIpc) is 3.12. The summed E-state index contributed by atoms with van der Waals surface area (Å²) >= 11 is 0. The molecule has 1 saturated carbocycles. The second kappa shape index (κ2) is 23.7. The molecule has 8 atom stereocenters. The predicted octanol–water partition coefficient (Wildman–Crippen LogP) is 1.68.